The Balaban J connectivity index is 1.65. The van der Waals surface area contributed by atoms with E-state index in [0.717, 1.165) is 0 Å². The molecule has 0 aliphatic heterocycles. The van der Waals surface area contributed by atoms with Gasteiger partial charge in [0.15, 0.2) is 0 Å². The normalized spacial score (nSPS) is 11.5. The lowest BCUT2D eigenvalue weighted by Gasteiger charge is -2.24. The highest BCUT2D eigenvalue weighted by molar-refractivity contribution is 6.30. The van der Waals surface area contributed by atoms with Gasteiger partial charge >= 0.3 is 24.4 Å². The number of halogens is 7. The highest BCUT2D eigenvalue weighted by Crippen LogP contribution is 2.37. The average Bonchev–Trinajstić information content (AvgIpc) is 2.87. The second-order valence-electron chi connectivity index (χ2n) is 8.32. The molecule has 0 spiro atoms. The topological polar surface area (TPSA) is 82.7 Å². The van der Waals surface area contributed by atoms with Crippen molar-refractivity contribution in [1.29, 1.82) is 0 Å². The summed E-state index contributed by atoms with van der Waals surface area (Å²) in [5.41, 5.74) is -2.86. The molecule has 0 bridgehead atoms. The first-order chi connectivity index (χ1) is 18.8. The summed E-state index contributed by atoms with van der Waals surface area (Å²) in [5.74, 6) is 0.556. The van der Waals surface area contributed by atoms with Crippen LogP contribution in [0.15, 0.2) is 66.7 Å². The van der Waals surface area contributed by atoms with Gasteiger partial charge in [-0.15, -0.1) is 0 Å². The van der Waals surface area contributed by atoms with Crippen molar-refractivity contribution in [2.24, 2.45) is 0 Å². The molecular weight excluding hydrogens is 566 g/mol. The number of methoxy groups -OCH3 is 1. The Morgan fingerprint density at radius 1 is 0.850 bits per heavy atom. The lowest BCUT2D eigenvalue weighted by Crippen LogP contribution is -2.38. The van der Waals surface area contributed by atoms with Gasteiger partial charge in [0.25, 0.3) is 0 Å². The van der Waals surface area contributed by atoms with E-state index < -0.39 is 41.2 Å². The Bertz CT molecular complexity index is 1300. The fourth-order valence-electron chi connectivity index (χ4n) is 3.51. The van der Waals surface area contributed by atoms with Crippen LogP contribution in [0.25, 0.3) is 0 Å². The molecule has 0 saturated heterocycles. The Labute approximate surface area is 230 Å². The lowest BCUT2D eigenvalue weighted by atomic mass is 10.1. The third-order valence-corrected chi connectivity index (χ3v) is 5.63. The van der Waals surface area contributed by atoms with E-state index in [1.165, 1.54) is 12.0 Å². The number of rotatable bonds is 8. The first-order valence-corrected chi connectivity index (χ1v) is 12.0. The molecular formula is C26H23ClF6N4O3. The molecule has 40 heavy (non-hydrogen) atoms. The smallest absolute Gasteiger partial charge is 0.416 e. The number of carbonyl (C=O) groups is 2. The van der Waals surface area contributed by atoms with Crippen molar-refractivity contribution < 1.29 is 40.7 Å². The number of anilines is 3. The Morgan fingerprint density at radius 2 is 1.48 bits per heavy atom. The predicted octanol–water partition coefficient (Wildman–Crippen LogP) is 7.64. The van der Waals surface area contributed by atoms with Crippen molar-refractivity contribution in [3.63, 3.8) is 0 Å². The predicted molar refractivity (Wildman–Crippen MR) is 139 cm³/mol. The van der Waals surface area contributed by atoms with Crippen molar-refractivity contribution >= 4 is 40.7 Å². The summed E-state index contributed by atoms with van der Waals surface area (Å²) in [5, 5.41) is 7.48. The molecule has 4 amide bonds. The number of nitrogens with zero attached hydrogens (tertiary/aromatic N) is 1. The average molecular weight is 589 g/mol. The van der Waals surface area contributed by atoms with Gasteiger partial charge in [-0.05, 0) is 67.1 Å². The lowest BCUT2D eigenvalue weighted by molar-refractivity contribution is -0.143. The van der Waals surface area contributed by atoms with Crippen LogP contribution in [0.4, 0.5) is 53.0 Å². The van der Waals surface area contributed by atoms with E-state index in [-0.39, 0.29) is 25.6 Å². The largest absolute Gasteiger partial charge is 0.497 e. The number of carbonyl (C=O) groups excluding carboxylic acids is 2. The highest BCUT2D eigenvalue weighted by Gasteiger charge is 2.37. The maximum Gasteiger partial charge on any atom is 0.416 e. The number of amides is 4. The van der Waals surface area contributed by atoms with E-state index >= 15 is 0 Å². The van der Waals surface area contributed by atoms with Crippen molar-refractivity contribution in [3.05, 3.63) is 82.9 Å². The van der Waals surface area contributed by atoms with Crippen molar-refractivity contribution in [2.75, 3.05) is 35.7 Å². The van der Waals surface area contributed by atoms with Gasteiger partial charge in [-0.25, -0.2) is 9.59 Å². The van der Waals surface area contributed by atoms with E-state index in [4.69, 9.17) is 16.3 Å². The first kappa shape index (κ1) is 30.4. The molecule has 0 unspecified atom stereocenters. The molecule has 0 saturated carbocycles. The third kappa shape index (κ3) is 8.70. The first-order valence-electron chi connectivity index (χ1n) is 11.6. The summed E-state index contributed by atoms with van der Waals surface area (Å²) >= 11 is 5.97. The number of urea groups is 2. The molecule has 7 nitrogen and oxygen atoms in total. The standard InChI is InChI=1S/C26H23ClF6N4O3/c1-40-22-8-6-21(7-9-22)37(24(39)36-19-5-2-4-18(27)15-19)11-3-10-34-23(38)35-20-13-16(25(28,29)30)12-17(14-20)26(31,32)33/h2,4-9,12-15H,3,10-11H2,1H3,(H,36,39)(H2,34,35,38). The van der Waals surface area contributed by atoms with Gasteiger partial charge in [0.05, 0.1) is 18.2 Å². The van der Waals surface area contributed by atoms with Gasteiger partial charge in [0.1, 0.15) is 5.75 Å². The van der Waals surface area contributed by atoms with Crippen molar-refractivity contribution in [2.45, 2.75) is 18.8 Å². The van der Waals surface area contributed by atoms with Crippen molar-refractivity contribution in [3.8, 4) is 5.75 Å². The zero-order valence-corrected chi connectivity index (χ0v) is 21.5. The van der Waals surface area contributed by atoms with Crippen LogP contribution in [0, 0.1) is 0 Å². The minimum Gasteiger partial charge on any atom is -0.497 e. The minimum absolute atomic E-state index is 0.0364. The third-order valence-electron chi connectivity index (χ3n) is 5.39. The number of alkyl halides is 6. The molecule has 0 atom stereocenters. The van der Waals surface area contributed by atoms with Gasteiger partial charge in [-0.3, -0.25) is 4.90 Å². The second kappa shape index (κ2) is 12.8. The Morgan fingerprint density at radius 3 is 2.02 bits per heavy atom. The fraction of sp³-hybridized carbons (Fsp3) is 0.231. The molecule has 3 aromatic carbocycles. The summed E-state index contributed by atoms with van der Waals surface area (Å²) in [7, 11) is 1.48. The monoisotopic (exact) mass is 588 g/mol. The number of hydrogen-bond acceptors (Lipinski definition) is 3. The molecule has 3 rings (SSSR count). The molecule has 214 valence electrons. The number of benzene rings is 3. The SMILES string of the molecule is COc1ccc(N(CCCNC(=O)Nc2cc(C(F)(F)F)cc(C(F)(F)F)c2)C(=O)Nc2cccc(Cl)c2)cc1. The molecule has 3 aromatic rings. The maximum absolute atomic E-state index is 13.1. The van der Waals surface area contributed by atoms with Gasteiger partial charge < -0.3 is 20.7 Å². The molecule has 3 N–H and O–H groups in total. The summed E-state index contributed by atoms with van der Waals surface area (Å²) in [6.45, 7) is 0.0226. The summed E-state index contributed by atoms with van der Waals surface area (Å²) in [6.07, 6.45) is -9.92. The number of nitrogens with one attached hydrogen (secondary N) is 3. The molecule has 0 fully saturated rings. The zero-order chi connectivity index (χ0) is 29.5. The molecule has 0 aromatic heterocycles. The Kier molecular flexibility index (Phi) is 9.74. The Hall–Kier alpha value is -4.13. The summed E-state index contributed by atoms with van der Waals surface area (Å²) < 4.78 is 83.5. The molecule has 0 heterocycles. The minimum atomic E-state index is -5.05. The zero-order valence-electron chi connectivity index (χ0n) is 20.8. The van der Waals surface area contributed by atoms with Gasteiger partial charge in [0.2, 0.25) is 0 Å². The van der Waals surface area contributed by atoms with E-state index in [1.54, 1.807) is 48.5 Å². The maximum atomic E-state index is 13.1. The number of ether oxygens (including phenoxy) is 1. The van der Waals surface area contributed by atoms with Crippen LogP contribution in [0.2, 0.25) is 5.02 Å². The van der Waals surface area contributed by atoms with Crippen LogP contribution >= 0.6 is 11.6 Å². The van der Waals surface area contributed by atoms with E-state index in [9.17, 15) is 35.9 Å². The van der Waals surface area contributed by atoms with Crippen molar-refractivity contribution in [1.82, 2.24) is 5.32 Å². The molecule has 0 aliphatic carbocycles. The van der Waals surface area contributed by atoms with E-state index in [0.29, 0.717) is 34.3 Å². The summed E-state index contributed by atoms with van der Waals surface area (Å²) in [6, 6.07) is 12.3. The van der Waals surface area contributed by atoms with E-state index in [1.807, 2.05) is 5.32 Å². The molecule has 0 aliphatic rings. The van der Waals surface area contributed by atoms with Crippen LogP contribution in [0.1, 0.15) is 17.5 Å². The number of hydrogen-bond donors (Lipinski definition) is 3. The fourth-order valence-corrected chi connectivity index (χ4v) is 3.70. The summed E-state index contributed by atoms with van der Waals surface area (Å²) in [4.78, 5) is 26.6. The van der Waals surface area contributed by atoms with Gasteiger partial charge in [-0.2, -0.15) is 26.3 Å². The molecule has 0 radical (unpaired) electrons. The van der Waals surface area contributed by atoms with Gasteiger partial charge in [0, 0.05) is 35.2 Å². The van der Waals surface area contributed by atoms with Crippen LogP contribution in [-0.4, -0.2) is 32.3 Å². The molecule has 14 heteroatoms. The highest BCUT2D eigenvalue weighted by atomic mass is 35.5. The quantitative estimate of drug-likeness (QED) is 0.187. The van der Waals surface area contributed by atoms with Crippen LogP contribution < -0.4 is 25.6 Å². The van der Waals surface area contributed by atoms with Crippen LogP contribution in [0.3, 0.4) is 0 Å². The van der Waals surface area contributed by atoms with Crippen LogP contribution in [0.5, 0.6) is 5.75 Å². The van der Waals surface area contributed by atoms with Crippen LogP contribution in [-0.2, 0) is 12.4 Å². The van der Waals surface area contributed by atoms with E-state index in [2.05, 4.69) is 10.6 Å². The van der Waals surface area contributed by atoms with Gasteiger partial charge in [-0.1, -0.05) is 17.7 Å². The second-order valence-corrected chi connectivity index (χ2v) is 8.76.